The van der Waals surface area contributed by atoms with Gasteiger partial charge in [-0.3, -0.25) is 14.6 Å². The monoisotopic (exact) mass is 477 g/mol. The van der Waals surface area contributed by atoms with Crippen molar-refractivity contribution in [2.45, 2.75) is 25.9 Å². The van der Waals surface area contributed by atoms with Crippen LogP contribution in [0.3, 0.4) is 0 Å². The van der Waals surface area contributed by atoms with Crippen LogP contribution in [0.15, 0.2) is 54.6 Å². The Morgan fingerprint density at radius 1 is 1.03 bits per heavy atom. The average molecular weight is 478 g/mol. The molecule has 1 amide bonds. The van der Waals surface area contributed by atoms with Gasteiger partial charge in [0.2, 0.25) is 5.91 Å². The number of amides is 1. The number of carbonyl (C=O) groups excluding carboxylic acids is 1. The van der Waals surface area contributed by atoms with Crippen LogP contribution in [-0.4, -0.2) is 68.4 Å². The largest absolute Gasteiger partial charge is 0.353 e. The van der Waals surface area contributed by atoms with Gasteiger partial charge in [-0.15, -0.1) is 0 Å². The van der Waals surface area contributed by atoms with E-state index >= 15 is 0 Å². The second-order valence-corrected chi connectivity index (χ2v) is 10.7. The van der Waals surface area contributed by atoms with E-state index in [2.05, 4.69) is 24.1 Å². The van der Waals surface area contributed by atoms with E-state index < -0.39 is 15.9 Å². The maximum absolute atomic E-state index is 13.5. The molecule has 1 aliphatic heterocycles. The van der Waals surface area contributed by atoms with Crippen molar-refractivity contribution in [2.24, 2.45) is 0 Å². The van der Waals surface area contributed by atoms with Crippen molar-refractivity contribution in [3.63, 3.8) is 0 Å². The molecule has 2 aromatic carbocycles. The fourth-order valence-electron chi connectivity index (χ4n) is 4.29. The zero-order chi connectivity index (χ0) is 23.1. The van der Waals surface area contributed by atoms with Crippen molar-refractivity contribution in [1.29, 1.82) is 0 Å². The first-order chi connectivity index (χ1) is 15.4. The van der Waals surface area contributed by atoms with E-state index in [1.54, 1.807) is 0 Å². The summed E-state index contributed by atoms with van der Waals surface area (Å²) >= 11 is 6.49. The quantitative estimate of drug-likeness (QED) is 0.600. The Balaban J connectivity index is 1.82. The third kappa shape index (κ3) is 6.10. The normalized spacial score (nSPS) is 18.2. The molecule has 0 bridgehead atoms. The first-order valence-corrected chi connectivity index (χ1v) is 13.3. The highest BCUT2D eigenvalue weighted by Crippen LogP contribution is 2.28. The Kier molecular flexibility index (Phi) is 8.71. The fourth-order valence-corrected chi connectivity index (χ4v) is 5.78. The smallest absolute Gasteiger partial charge is 0.242 e. The van der Waals surface area contributed by atoms with Crippen LogP contribution in [0, 0.1) is 0 Å². The summed E-state index contributed by atoms with van der Waals surface area (Å²) < 4.78 is 23.8. The lowest BCUT2D eigenvalue weighted by Crippen LogP contribution is -2.48. The fraction of sp³-hybridized carbons (Fsp3) is 0.458. The van der Waals surface area contributed by atoms with E-state index in [0.29, 0.717) is 24.7 Å². The van der Waals surface area contributed by atoms with Gasteiger partial charge in [-0.1, -0.05) is 74.0 Å². The molecule has 1 aliphatic rings. The van der Waals surface area contributed by atoms with E-state index in [0.717, 1.165) is 24.2 Å². The summed E-state index contributed by atoms with van der Waals surface area (Å²) in [6.45, 7) is 6.95. The minimum absolute atomic E-state index is 0.0548. The number of nitrogens with zero attached hydrogens (tertiary/aromatic N) is 2. The molecular formula is C24H32ClN3O3S. The lowest BCUT2D eigenvalue weighted by atomic mass is 10.0. The molecular weight excluding hydrogens is 446 g/mol. The van der Waals surface area contributed by atoms with E-state index in [4.69, 9.17) is 11.6 Å². The minimum atomic E-state index is -3.04. The predicted molar refractivity (Wildman–Crippen MR) is 130 cm³/mol. The number of halogens is 1. The van der Waals surface area contributed by atoms with Crippen LogP contribution in [0.25, 0.3) is 0 Å². The summed E-state index contributed by atoms with van der Waals surface area (Å²) in [7, 11) is -3.04. The maximum Gasteiger partial charge on any atom is 0.242 e. The van der Waals surface area contributed by atoms with Crippen LogP contribution in [0.2, 0.25) is 5.02 Å². The van der Waals surface area contributed by atoms with Gasteiger partial charge in [0.05, 0.1) is 17.5 Å². The Morgan fingerprint density at radius 3 is 2.22 bits per heavy atom. The summed E-state index contributed by atoms with van der Waals surface area (Å²) in [6.07, 6.45) is 0. The van der Waals surface area contributed by atoms with Crippen molar-refractivity contribution in [3.05, 3.63) is 70.7 Å². The summed E-state index contributed by atoms with van der Waals surface area (Å²) in [5, 5.41) is 3.82. The van der Waals surface area contributed by atoms with Gasteiger partial charge in [-0.05, 0) is 30.3 Å². The SMILES string of the molecule is CCN(CC)C(CNC(=O)C(c1ccccc1)N1CCS(=O)(=O)CC1)c1ccccc1Cl. The first-order valence-electron chi connectivity index (χ1n) is 11.1. The molecule has 2 aromatic rings. The molecule has 8 heteroatoms. The molecule has 6 nitrogen and oxygen atoms in total. The molecule has 1 fully saturated rings. The Bertz CT molecular complexity index is 983. The highest BCUT2D eigenvalue weighted by atomic mass is 35.5. The van der Waals surface area contributed by atoms with E-state index in [1.165, 1.54) is 0 Å². The molecule has 1 heterocycles. The zero-order valence-corrected chi connectivity index (χ0v) is 20.3. The Morgan fingerprint density at radius 2 is 1.62 bits per heavy atom. The zero-order valence-electron chi connectivity index (χ0n) is 18.7. The molecule has 32 heavy (non-hydrogen) atoms. The van der Waals surface area contributed by atoms with Gasteiger partial charge in [0.15, 0.2) is 9.84 Å². The number of benzene rings is 2. The van der Waals surface area contributed by atoms with Gasteiger partial charge in [0.1, 0.15) is 6.04 Å². The van der Waals surface area contributed by atoms with Crippen LogP contribution in [0.4, 0.5) is 0 Å². The number of rotatable bonds is 9. The van der Waals surface area contributed by atoms with Gasteiger partial charge in [0, 0.05) is 24.7 Å². The number of carbonyl (C=O) groups is 1. The summed E-state index contributed by atoms with van der Waals surface area (Å²) in [5.41, 5.74) is 1.85. The minimum Gasteiger partial charge on any atom is -0.353 e. The number of likely N-dealkylation sites (N-methyl/N-ethyl adjacent to an activating group) is 1. The van der Waals surface area contributed by atoms with Crippen LogP contribution in [0.5, 0.6) is 0 Å². The van der Waals surface area contributed by atoms with Crippen molar-refractivity contribution >= 4 is 27.3 Å². The predicted octanol–water partition coefficient (Wildman–Crippen LogP) is 3.31. The third-order valence-electron chi connectivity index (χ3n) is 6.09. The summed E-state index contributed by atoms with van der Waals surface area (Å²) in [4.78, 5) is 17.7. The van der Waals surface area contributed by atoms with Crippen molar-refractivity contribution in [1.82, 2.24) is 15.1 Å². The standard InChI is InChI=1S/C24H32ClN3O3S/c1-3-27(4-2)22(20-12-8-9-13-21(20)25)18-26-24(29)23(19-10-6-5-7-11-19)28-14-16-32(30,31)17-15-28/h5-13,22-23H,3-4,14-18H2,1-2H3,(H,26,29). The molecule has 0 aliphatic carbocycles. The second-order valence-electron chi connectivity index (χ2n) is 8.00. The third-order valence-corrected chi connectivity index (χ3v) is 8.05. The molecule has 0 radical (unpaired) electrons. The molecule has 1 N–H and O–H groups in total. The molecule has 2 atom stereocenters. The average Bonchev–Trinajstić information content (AvgIpc) is 2.79. The number of hydrogen-bond donors (Lipinski definition) is 1. The first kappa shape index (κ1) is 24.7. The van der Waals surface area contributed by atoms with Crippen LogP contribution in [0.1, 0.15) is 37.1 Å². The van der Waals surface area contributed by atoms with Crippen LogP contribution >= 0.6 is 11.6 Å². The van der Waals surface area contributed by atoms with Crippen LogP contribution in [-0.2, 0) is 14.6 Å². The topological polar surface area (TPSA) is 69.7 Å². The van der Waals surface area contributed by atoms with Gasteiger partial charge >= 0.3 is 0 Å². The lowest BCUT2D eigenvalue weighted by molar-refractivity contribution is -0.127. The van der Waals surface area contributed by atoms with Gasteiger partial charge in [-0.25, -0.2) is 8.42 Å². The van der Waals surface area contributed by atoms with Crippen molar-refractivity contribution in [2.75, 3.05) is 44.2 Å². The number of nitrogens with one attached hydrogen (secondary N) is 1. The molecule has 0 spiro atoms. The molecule has 3 rings (SSSR count). The van der Waals surface area contributed by atoms with Gasteiger partial charge < -0.3 is 5.32 Å². The highest BCUT2D eigenvalue weighted by molar-refractivity contribution is 7.91. The Hall–Kier alpha value is -1.93. The molecule has 1 saturated heterocycles. The number of hydrogen-bond acceptors (Lipinski definition) is 5. The van der Waals surface area contributed by atoms with E-state index in [1.807, 2.05) is 59.5 Å². The molecule has 174 valence electrons. The van der Waals surface area contributed by atoms with Gasteiger partial charge in [-0.2, -0.15) is 0 Å². The van der Waals surface area contributed by atoms with E-state index in [-0.39, 0.29) is 23.5 Å². The maximum atomic E-state index is 13.5. The van der Waals surface area contributed by atoms with Crippen molar-refractivity contribution < 1.29 is 13.2 Å². The lowest BCUT2D eigenvalue weighted by Gasteiger charge is -2.35. The second kappa shape index (κ2) is 11.3. The van der Waals surface area contributed by atoms with Crippen LogP contribution < -0.4 is 5.32 Å². The highest BCUT2D eigenvalue weighted by Gasteiger charge is 2.33. The molecule has 0 saturated carbocycles. The van der Waals surface area contributed by atoms with Crippen molar-refractivity contribution in [3.8, 4) is 0 Å². The summed E-state index contributed by atoms with van der Waals surface area (Å²) in [6, 6.07) is 16.7. The van der Waals surface area contributed by atoms with E-state index in [9.17, 15) is 13.2 Å². The van der Waals surface area contributed by atoms with Gasteiger partial charge in [0.25, 0.3) is 0 Å². The Labute approximate surface area is 196 Å². The number of sulfone groups is 1. The molecule has 2 unspecified atom stereocenters. The molecule has 0 aromatic heterocycles. The summed E-state index contributed by atoms with van der Waals surface area (Å²) in [5.74, 6) is 0.0242.